The Hall–Kier alpha value is -2.98. The van der Waals surface area contributed by atoms with Crippen LogP contribution in [0.5, 0.6) is 0 Å². The highest BCUT2D eigenvalue weighted by molar-refractivity contribution is 5.94. The highest BCUT2D eigenvalue weighted by atomic mass is 19.1. The maximum atomic E-state index is 12.9. The van der Waals surface area contributed by atoms with Crippen LogP contribution < -0.4 is 11.1 Å². The lowest BCUT2D eigenvalue weighted by molar-refractivity contribution is 0.100. The molecule has 0 saturated heterocycles. The monoisotopic (exact) mass is 348 g/mol. The fraction of sp³-hybridized carbons (Fsp3) is 0.136. The average molecular weight is 348 g/mol. The Bertz CT molecular complexity index is 873. The molecule has 0 spiro atoms. The number of hydrogen-bond donors (Lipinski definition) is 2. The summed E-state index contributed by atoms with van der Waals surface area (Å²) in [5, 5.41) is 3.39. The summed E-state index contributed by atoms with van der Waals surface area (Å²) in [6, 6.07) is 22.1. The highest BCUT2D eigenvalue weighted by Crippen LogP contribution is 2.21. The summed E-state index contributed by atoms with van der Waals surface area (Å²) < 4.78 is 12.9. The van der Waals surface area contributed by atoms with Crippen LogP contribution in [0.25, 0.3) is 11.1 Å². The third-order valence-corrected chi connectivity index (χ3v) is 4.27. The van der Waals surface area contributed by atoms with E-state index in [1.54, 1.807) is 12.1 Å². The number of rotatable bonds is 7. The first-order chi connectivity index (χ1) is 12.6. The van der Waals surface area contributed by atoms with Crippen molar-refractivity contribution in [1.29, 1.82) is 0 Å². The van der Waals surface area contributed by atoms with Crippen molar-refractivity contribution in [2.24, 2.45) is 5.73 Å². The van der Waals surface area contributed by atoms with E-state index >= 15 is 0 Å². The molecular formula is C22H21FN2O. The summed E-state index contributed by atoms with van der Waals surface area (Å²) in [6.07, 6.45) is 0.859. The fourth-order valence-corrected chi connectivity index (χ4v) is 2.78. The number of carbonyl (C=O) groups is 1. The first-order valence-electron chi connectivity index (χ1n) is 8.56. The summed E-state index contributed by atoms with van der Waals surface area (Å²) in [7, 11) is 0. The number of benzene rings is 3. The van der Waals surface area contributed by atoms with Crippen LogP contribution in [-0.4, -0.2) is 12.5 Å². The molecule has 4 heteroatoms. The number of hydrogen-bond acceptors (Lipinski definition) is 2. The molecule has 0 aromatic heterocycles. The van der Waals surface area contributed by atoms with Crippen LogP contribution in [0.15, 0.2) is 72.8 Å². The van der Waals surface area contributed by atoms with Crippen molar-refractivity contribution in [2.45, 2.75) is 13.0 Å². The number of primary amides is 1. The van der Waals surface area contributed by atoms with Gasteiger partial charge in [-0.1, -0.05) is 48.5 Å². The lowest BCUT2D eigenvalue weighted by atomic mass is 10.0. The van der Waals surface area contributed by atoms with Gasteiger partial charge in [0.25, 0.3) is 0 Å². The van der Waals surface area contributed by atoms with Crippen LogP contribution in [-0.2, 0) is 13.0 Å². The van der Waals surface area contributed by atoms with Gasteiger partial charge in [-0.15, -0.1) is 0 Å². The molecule has 0 heterocycles. The van der Waals surface area contributed by atoms with Gasteiger partial charge in [-0.05, 0) is 59.5 Å². The summed E-state index contributed by atoms with van der Waals surface area (Å²) in [4.78, 5) is 11.3. The largest absolute Gasteiger partial charge is 0.366 e. The second-order valence-corrected chi connectivity index (χ2v) is 6.20. The summed E-state index contributed by atoms with van der Waals surface area (Å²) in [5.41, 5.74) is 10.2. The zero-order valence-corrected chi connectivity index (χ0v) is 14.4. The third-order valence-electron chi connectivity index (χ3n) is 4.27. The van der Waals surface area contributed by atoms with E-state index in [-0.39, 0.29) is 5.82 Å². The number of halogens is 1. The quantitative estimate of drug-likeness (QED) is 0.636. The molecule has 0 radical (unpaired) electrons. The lowest BCUT2D eigenvalue weighted by Crippen LogP contribution is -2.16. The molecule has 3 rings (SSSR count). The minimum Gasteiger partial charge on any atom is -0.366 e. The van der Waals surface area contributed by atoms with E-state index < -0.39 is 5.91 Å². The number of carbonyl (C=O) groups excluding carboxylic acids is 1. The van der Waals surface area contributed by atoms with Gasteiger partial charge < -0.3 is 11.1 Å². The molecular weight excluding hydrogens is 327 g/mol. The van der Waals surface area contributed by atoms with Crippen LogP contribution in [0.1, 0.15) is 21.5 Å². The lowest BCUT2D eigenvalue weighted by Gasteiger charge is -2.07. The number of amides is 1. The topological polar surface area (TPSA) is 55.1 Å². The molecule has 1 amide bonds. The van der Waals surface area contributed by atoms with Crippen molar-refractivity contribution in [3.05, 3.63) is 95.3 Å². The molecule has 0 saturated carbocycles. The van der Waals surface area contributed by atoms with Gasteiger partial charge in [-0.25, -0.2) is 4.39 Å². The van der Waals surface area contributed by atoms with E-state index in [1.165, 1.54) is 17.7 Å². The van der Waals surface area contributed by atoms with E-state index in [9.17, 15) is 9.18 Å². The Morgan fingerprint density at radius 3 is 2.27 bits per heavy atom. The van der Waals surface area contributed by atoms with E-state index in [4.69, 9.17) is 5.73 Å². The number of nitrogens with one attached hydrogen (secondary N) is 1. The molecule has 0 aliphatic rings. The molecule has 3 N–H and O–H groups in total. The normalized spacial score (nSPS) is 10.7. The van der Waals surface area contributed by atoms with Crippen molar-refractivity contribution in [2.75, 3.05) is 6.54 Å². The Kier molecular flexibility index (Phi) is 5.77. The molecule has 0 aliphatic carbocycles. The van der Waals surface area contributed by atoms with Gasteiger partial charge in [0.15, 0.2) is 0 Å². The van der Waals surface area contributed by atoms with Crippen molar-refractivity contribution in [1.82, 2.24) is 5.32 Å². The smallest absolute Gasteiger partial charge is 0.248 e. The molecule has 0 unspecified atom stereocenters. The molecule has 3 aromatic rings. The predicted octanol–water partition coefficient (Wildman–Crippen LogP) is 3.92. The fourth-order valence-electron chi connectivity index (χ4n) is 2.78. The minimum atomic E-state index is -0.422. The van der Waals surface area contributed by atoms with Gasteiger partial charge in [-0.2, -0.15) is 0 Å². The van der Waals surface area contributed by atoms with Gasteiger partial charge in [-0.3, -0.25) is 4.79 Å². The molecule has 132 valence electrons. The van der Waals surface area contributed by atoms with Crippen molar-refractivity contribution in [3.8, 4) is 11.1 Å². The van der Waals surface area contributed by atoms with Gasteiger partial charge in [0.2, 0.25) is 5.91 Å². The van der Waals surface area contributed by atoms with Gasteiger partial charge >= 0.3 is 0 Å². The van der Waals surface area contributed by atoms with Crippen molar-refractivity contribution >= 4 is 5.91 Å². The van der Waals surface area contributed by atoms with Crippen molar-refractivity contribution in [3.63, 3.8) is 0 Å². The molecule has 0 fully saturated rings. The van der Waals surface area contributed by atoms with E-state index in [0.29, 0.717) is 5.56 Å². The predicted molar refractivity (Wildman–Crippen MR) is 102 cm³/mol. The summed E-state index contributed by atoms with van der Waals surface area (Å²) >= 11 is 0. The zero-order valence-electron chi connectivity index (χ0n) is 14.4. The third kappa shape index (κ3) is 4.77. The number of nitrogens with two attached hydrogens (primary N) is 1. The standard InChI is InChI=1S/C22H21FN2O/c23-21-10-6-16(7-11-21)12-13-25-15-17-4-8-18(9-5-17)19-2-1-3-20(14-19)22(24)26/h1-11,14,25H,12-13,15H2,(H2,24,26). The molecule has 3 nitrogen and oxygen atoms in total. The van der Waals surface area contributed by atoms with Crippen LogP contribution in [0.3, 0.4) is 0 Å². The van der Waals surface area contributed by atoms with E-state index in [2.05, 4.69) is 17.4 Å². The first-order valence-corrected chi connectivity index (χ1v) is 8.56. The van der Waals surface area contributed by atoms with Gasteiger partial charge in [0.05, 0.1) is 0 Å². The van der Waals surface area contributed by atoms with E-state index in [0.717, 1.165) is 36.2 Å². The molecule has 26 heavy (non-hydrogen) atoms. The van der Waals surface area contributed by atoms with Crippen LogP contribution in [0.2, 0.25) is 0 Å². The highest BCUT2D eigenvalue weighted by Gasteiger charge is 2.03. The maximum Gasteiger partial charge on any atom is 0.248 e. The van der Waals surface area contributed by atoms with Gasteiger partial charge in [0.1, 0.15) is 5.82 Å². The molecule has 3 aromatic carbocycles. The second-order valence-electron chi connectivity index (χ2n) is 6.20. The molecule has 0 atom stereocenters. The second kappa shape index (κ2) is 8.41. The van der Waals surface area contributed by atoms with Crippen LogP contribution >= 0.6 is 0 Å². The SMILES string of the molecule is NC(=O)c1cccc(-c2ccc(CNCCc3ccc(F)cc3)cc2)c1. The maximum absolute atomic E-state index is 12.9. The average Bonchev–Trinajstić information content (AvgIpc) is 2.67. The van der Waals surface area contributed by atoms with E-state index in [1.807, 2.05) is 36.4 Å². The zero-order chi connectivity index (χ0) is 18.4. The Labute approximate surface area is 152 Å². The Balaban J connectivity index is 1.53. The van der Waals surface area contributed by atoms with Crippen LogP contribution in [0.4, 0.5) is 4.39 Å². The Morgan fingerprint density at radius 2 is 1.58 bits per heavy atom. The first kappa shape index (κ1) is 17.8. The van der Waals surface area contributed by atoms with Gasteiger partial charge in [0, 0.05) is 12.1 Å². The minimum absolute atomic E-state index is 0.205. The molecule has 0 bridgehead atoms. The summed E-state index contributed by atoms with van der Waals surface area (Å²) in [6.45, 7) is 1.59. The summed E-state index contributed by atoms with van der Waals surface area (Å²) in [5.74, 6) is -0.628. The Morgan fingerprint density at radius 1 is 0.885 bits per heavy atom. The van der Waals surface area contributed by atoms with Crippen molar-refractivity contribution < 1.29 is 9.18 Å². The molecule has 0 aliphatic heterocycles. The van der Waals surface area contributed by atoms with Crippen LogP contribution in [0, 0.1) is 5.82 Å².